The fraction of sp³-hybridized carbons (Fsp3) is 0.458. The number of amides is 1. The molecular formula is C24H34FN3O3+2. The van der Waals surface area contributed by atoms with Crippen LogP contribution in [-0.2, 0) is 17.9 Å². The predicted octanol–water partition coefficient (Wildman–Crippen LogP) is 0.173. The number of carbonyl (C=O) groups excluding carboxylic acids is 1. The van der Waals surface area contributed by atoms with Crippen molar-refractivity contribution in [3.63, 3.8) is 0 Å². The summed E-state index contributed by atoms with van der Waals surface area (Å²) in [5.41, 5.74) is 2.03. The van der Waals surface area contributed by atoms with Crippen LogP contribution in [0.25, 0.3) is 0 Å². The van der Waals surface area contributed by atoms with Crippen LogP contribution in [0.1, 0.15) is 18.1 Å². The van der Waals surface area contributed by atoms with Gasteiger partial charge in [0.2, 0.25) is 0 Å². The molecular weight excluding hydrogens is 397 g/mol. The van der Waals surface area contributed by atoms with E-state index >= 15 is 0 Å². The standard InChI is InChI=1S/C24H32FN3O3/c1-18(24(29)26(2)16-19-6-5-7-21(25)14-19)28-12-10-27(11-13-28)17-20-8-9-22(30-3)23(15-20)31-4/h5-9,14-15,18H,10-13,16-17H2,1-4H3/p+2/t18-/m0/s1. The van der Waals surface area contributed by atoms with Gasteiger partial charge in [-0.1, -0.05) is 12.1 Å². The second kappa shape index (κ2) is 10.6. The number of rotatable bonds is 8. The Morgan fingerprint density at radius 3 is 2.39 bits per heavy atom. The molecule has 1 saturated heterocycles. The molecule has 0 unspecified atom stereocenters. The quantitative estimate of drug-likeness (QED) is 0.627. The number of quaternary nitrogens is 2. The van der Waals surface area contributed by atoms with Crippen LogP contribution in [0, 0.1) is 5.82 Å². The minimum Gasteiger partial charge on any atom is -0.493 e. The summed E-state index contributed by atoms with van der Waals surface area (Å²) >= 11 is 0. The molecule has 3 rings (SSSR count). The van der Waals surface area contributed by atoms with Gasteiger partial charge in [-0.25, -0.2) is 4.39 Å². The van der Waals surface area contributed by atoms with E-state index in [2.05, 4.69) is 6.07 Å². The third-order valence-corrected chi connectivity index (χ3v) is 6.17. The lowest BCUT2D eigenvalue weighted by Crippen LogP contribution is -3.29. The molecule has 1 aliphatic heterocycles. The van der Waals surface area contributed by atoms with E-state index in [0.29, 0.717) is 6.54 Å². The van der Waals surface area contributed by atoms with Gasteiger partial charge in [-0.15, -0.1) is 0 Å². The Labute approximate surface area is 184 Å². The lowest BCUT2D eigenvalue weighted by atomic mass is 10.1. The molecule has 0 radical (unpaired) electrons. The van der Waals surface area contributed by atoms with Crippen molar-refractivity contribution in [2.24, 2.45) is 0 Å². The number of halogens is 1. The van der Waals surface area contributed by atoms with E-state index in [1.165, 1.54) is 27.5 Å². The number of hydrogen-bond donors (Lipinski definition) is 2. The van der Waals surface area contributed by atoms with Crippen LogP contribution in [0.5, 0.6) is 11.5 Å². The molecule has 0 bridgehead atoms. The second-order valence-electron chi connectivity index (χ2n) is 8.32. The smallest absolute Gasteiger partial charge is 0.280 e. The Kier molecular flexibility index (Phi) is 7.87. The van der Waals surface area contributed by atoms with Gasteiger partial charge in [-0.3, -0.25) is 4.79 Å². The molecule has 1 aliphatic rings. The molecule has 1 heterocycles. The number of hydrogen-bond acceptors (Lipinski definition) is 3. The van der Waals surface area contributed by atoms with Crippen molar-refractivity contribution in [3.05, 3.63) is 59.4 Å². The molecule has 0 spiro atoms. The summed E-state index contributed by atoms with van der Waals surface area (Å²) in [5, 5.41) is 0. The van der Waals surface area contributed by atoms with Crippen molar-refractivity contribution in [2.45, 2.75) is 26.1 Å². The van der Waals surface area contributed by atoms with Crippen molar-refractivity contribution in [1.82, 2.24) is 4.90 Å². The van der Waals surface area contributed by atoms with E-state index in [1.807, 2.05) is 25.1 Å². The zero-order valence-corrected chi connectivity index (χ0v) is 18.9. The number of nitrogens with zero attached hydrogens (tertiary/aromatic N) is 1. The SMILES string of the molecule is COc1ccc(C[NH+]2CC[NH+]([C@@H](C)C(=O)N(C)Cc3cccc(F)c3)CC2)cc1OC. The van der Waals surface area contributed by atoms with Gasteiger partial charge < -0.3 is 24.2 Å². The summed E-state index contributed by atoms with van der Waals surface area (Å²) in [5.74, 6) is 1.32. The maximum absolute atomic E-state index is 13.4. The van der Waals surface area contributed by atoms with Gasteiger partial charge >= 0.3 is 0 Å². The Morgan fingerprint density at radius 2 is 1.74 bits per heavy atom. The number of nitrogens with one attached hydrogen (secondary N) is 2. The summed E-state index contributed by atoms with van der Waals surface area (Å²) in [6.07, 6.45) is 0. The molecule has 2 aromatic rings. The van der Waals surface area contributed by atoms with Crippen molar-refractivity contribution in [2.75, 3.05) is 47.4 Å². The van der Waals surface area contributed by atoms with Crippen LogP contribution >= 0.6 is 0 Å². The van der Waals surface area contributed by atoms with Crippen molar-refractivity contribution >= 4 is 5.91 Å². The summed E-state index contributed by atoms with van der Waals surface area (Å²) in [6, 6.07) is 12.4. The molecule has 6 nitrogen and oxygen atoms in total. The van der Waals surface area contributed by atoms with Gasteiger partial charge in [0.1, 0.15) is 38.5 Å². The molecule has 2 N–H and O–H groups in total. The van der Waals surface area contributed by atoms with E-state index in [-0.39, 0.29) is 17.8 Å². The fourth-order valence-corrected chi connectivity index (χ4v) is 4.31. The van der Waals surface area contributed by atoms with Crippen LogP contribution < -0.4 is 19.3 Å². The highest BCUT2D eigenvalue weighted by Gasteiger charge is 2.32. The van der Waals surface area contributed by atoms with Gasteiger partial charge in [-0.05, 0) is 42.8 Å². The minimum atomic E-state index is -0.273. The average Bonchev–Trinajstić information content (AvgIpc) is 2.78. The average molecular weight is 432 g/mol. The largest absolute Gasteiger partial charge is 0.493 e. The number of methoxy groups -OCH3 is 2. The topological polar surface area (TPSA) is 47.7 Å². The van der Waals surface area contributed by atoms with Crippen LogP contribution in [0.4, 0.5) is 4.39 Å². The summed E-state index contributed by atoms with van der Waals surface area (Å²) in [7, 11) is 5.09. The number of benzene rings is 2. The first-order chi connectivity index (χ1) is 14.9. The number of carbonyl (C=O) groups is 1. The maximum atomic E-state index is 13.4. The lowest BCUT2D eigenvalue weighted by Gasteiger charge is -2.34. The lowest BCUT2D eigenvalue weighted by molar-refractivity contribution is -1.02. The van der Waals surface area contributed by atoms with Crippen LogP contribution in [0.2, 0.25) is 0 Å². The van der Waals surface area contributed by atoms with E-state index in [0.717, 1.165) is 49.8 Å². The number of ether oxygens (including phenoxy) is 2. The van der Waals surface area contributed by atoms with Gasteiger partial charge in [0.05, 0.1) is 14.2 Å². The Balaban J connectivity index is 1.51. The molecule has 1 amide bonds. The monoisotopic (exact) mass is 431 g/mol. The molecule has 2 aromatic carbocycles. The predicted molar refractivity (Wildman–Crippen MR) is 117 cm³/mol. The molecule has 0 aliphatic carbocycles. The van der Waals surface area contributed by atoms with E-state index in [4.69, 9.17) is 9.47 Å². The highest BCUT2D eigenvalue weighted by atomic mass is 19.1. The first-order valence-corrected chi connectivity index (χ1v) is 10.8. The summed E-state index contributed by atoms with van der Waals surface area (Å²) in [6.45, 7) is 7.26. The van der Waals surface area contributed by atoms with Crippen molar-refractivity contribution in [1.29, 1.82) is 0 Å². The Morgan fingerprint density at radius 1 is 1.03 bits per heavy atom. The third kappa shape index (κ3) is 5.95. The Hall–Kier alpha value is -2.64. The van der Waals surface area contributed by atoms with Gasteiger partial charge in [0.15, 0.2) is 17.5 Å². The van der Waals surface area contributed by atoms with E-state index in [1.54, 1.807) is 32.2 Å². The fourth-order valence-electron chi connectivity index (χ4n) is 4.31. The number of likely N-dealkylation sites (N-methyl/N-ethyl adjacent to an activating group) is 1. The Bertz CT molecular complexity index is 884. The minimum absolute atomic E-state index is 0.0996. The molecule has 1 fully saturated rings. The van der Waals surface area contributed by atoms with Gasteiger partial charge in [-0.2, -0.15) is 0 Å². The van der Waals surface area contributed by atoms with Crippen molar-refractivity contribution in [3.8, 4) is 11.5 Å². The van der Waals surface area contributed by atoms with Gasteiger partial charge in [0, 0.05) is 19.2 Å². The highest BCUT2D eigenvalue weighted by molar-refractivity contribution is 5.79. The number of piperazine rings is 1. The zero-order valence-electron chi connectivity index (χ0n) is 18.9. The molecule has 0 saturated carbocycles. The van der Waals surface area contributed by atoms with E-state index < -0.39 is 0 Å². The highest BCUT2D eigenvalue weighted by Crippen LogP contribution is 2.27. The van der Waals surface area contributed by atoms with E-state index in [9.17, 15) is 9.18 Å². The molecule has 7 heteroatoms. The molecule has 0 aromatic heterocycles. The van der Waals surface area contributed by atoms with Crippen molar-refractivity contribution < 1.29 is 28.5 Å². The second-order valence-corrected chi connectivity index (χ2v) is 8.32. The maximum Gasteiger partial charge on any atom is 0.280 e. The third-order valence-electron chi connectivity index (χ3n) is 6.17. The van der Waals surface area contributed by atoms with Gasteiger partial charge in [0.25, 0.3) is 5.91 Å². The molecule has 31 heavy (non-hydrogen) atoms. The first-order valence-electron chi connectivity index (χ1n) is 10.8. The summed E-state index contributed by atoms with van der Waals surface area (Å²) < 4.78 is 24.1. The van der Waals surface area contributed by atoms with Crippen LogP contribution in [0.15, 0.2) is 42.5 Å². The van der Waals surface area contributed by atoms with Crippen LogP contribution in [0.3, 0.4) is 0 Å². The normalized spacial score (nSPS) is 19.5. The first kappa shape index (κ1) is 23.0. The summed E-state index contributed by atoms with van der Waals surface area (Å²) in [4.78, 5) is 17.4. The molecule has 1 atom stereocenters. The molecule has 168 valence electrons. The van der Waals surface area contributed by atoms with Crippen LogP contribution in [-0.4, -0.2) is 64.3 Å². The zero-order chi connectivity index (χ0) is 22.4.